The van der Waals surface area contributed by atoms with Crippen LogP contribution in [-0.2, 0) is 0 Å². The summed E-state index contributed by atoms with van der Waals surface area (Å²) in [4.78, 5) is 0. The Hall–Kier alpha value is 1.01. The van der Waals surface area contributed by atoms with Crippen molar-refractivity contribution >= 4 is 34.7 Å². The van der Waals surface area contributed by atoms with Crippen LogP contribution >= 0.6 is 34.7 Å². The molecule has 0 aromatic rings. The summed E-state index contributed by atoms with van der Waals surface area (Å²) in [6, 6.07) is 0. The van der Waals surface area contributed by atoms with E-state index in [-0.39, 0.29) is 34.7 Å². The van der Waals surface area contributed by atoms with Crippen LogP contribution in [0.4, 0.5) is 0 Å². The Kier molecular flexibility index (Phi) is 50.5. The van der Waals surface area contributed by atoms with E-state index in [2.05, 4.69) is 13.8 Å². The van der Waals surface area contributed by atoms with E-state index in [9.17, 15) is 0 Å². The molecule has 1 atom stereocenters. The molecule has 0 saturated carbocycles. The first-order chi connectivity index (χ1) is 3.41. The van der Waals surface area contributed by atoms with E-state index in [1.165, 1.54) is 32.1 Å². The van der Waals surface area contributed by atoms with Gasteiger partial charge in [-0.05, 0) is 0 Å². The zero-order chi connectivity index (χ0) is 5.54. The zero-order valence-electron chi connectivity index (χ0n) is 7.06. The van der Waals surface area contributed by atoms with Gasteiger partial charge in [-0.15, -0.1) is 24.8 Å². The summed E-state index contributed by atoms with van der Waals surface area (Å²) in [6.45, 7) is 4.49. The molecule has 0 N–H and O–H groups in total. The molecule has 0 radical (unpaired) electrons. The summed E-state index contributed by atoms with van der Waals surface area (Å²) in [6.07, 6.45) is 7.01. The van der Waals surface area contributed by atoms with Crippen molar-refractivity contribution in [1.82, 2.24) is 0 Å². The molecule has 0 rings (SSSR count). The highest BCUT2D eigenvalue weighted by Gasteiger charge is 1.80. The normalized spacial score (nSPS) is 6.60. The molecule has 0 aliphatic heterocycles. The Morgan fingerprint density at radius 3 is 1.20 bits per heavy atom. The standard InChI is InChI=1S/C7H16.2ClH.H3P/c1-3-5-7-6-4-2;;;/h3-7H2,1-2H3;2*1H;1H3. The molecular formula is C7H21Cl2P. The molecule has 0 amide bonds. The molecule has 0 aliphatic rings. The number of hydrogen-bond donors (Lipinski definition) is 0. The van der Waals surface area contributed by atoms with Gasteiger partial charge in [0, 0.05) is 0 Å². The third kappa shape index (κ3) is 23.0. The second-order valence-corrected chi connectivity index (χ2v) is 2.06. The van der Waals surface area contributed by atoms with Gasteiger partial charge in [0.15, 0.2) is 0 Å². The second-order valence-electron chi connectivity index (χ2n) is 2.06. The number of hydrogen-bond acceptors (Lipinski definition) is 0. The summed E-state index contributed by atoms with van der Waals surface area (Å²) in [5.41, 5.74) is 0. The predicted molar refractivity (Wildman–Crippen MR) is 60.0 cm³/mol. The van der Waals surface area contributed by atoms with Crippen molar-refractivity contribution < 1.29 is 0 Å². The molecular weight excluding hydrogens is 186 g/mol. The van der Waals surface area contributed by atoms with Crippen LogP contribution in [0.25, 0.3) is 0 Å². The lowest BCUT2D eigenvalue weighted by Crippen LogP contribution is -1.70. The molecule has 0 aromatic carbocycles. The topological polar surface area (TPSA) is 0 Å². The van der Waals surface area contributed by atoms with E-state index in [0.29, 0.717) is 0 Å². The average Bonchev–Trinajstić information content (AvgIpc) is 1.69. The smallest absolute Gasteiger partial charge is 0.0533 e. The zero-order valence-corrected chi connectivity index (χ0v) is 10.1. The molecule has 0 aliphatic carbocycles. The first-order valence-electron chi connectivity index (χ1n) is 3.41. The minimum atomic E-state index is 0. The maximum absolute atomic E-state index is 2.25. The first kappa shape index (κ1) is 22.5. The van der Waals surface area contributed by atoms with Crippen LogP contribution in [0.1, 0.15) is 46.0 Å². The Bertz CT molecular complexity index is 30.8. The van der Waals surface area contributed by atoms with E-state index in [1.807, 2.05) is 0 Å². The summed E-state index contributed by atoms with van der Waals surface area (Å²) < 4.78 is 0. The summed E-state index contributed by atoms with van der Waals surface area (Å²) in [5, 5.41) is 0. The van der Waals surface area contributed by atoms with Crippen LogP contribution in [-0.4, -0.2) is 0 Å². The highest BCUT2D eigenvalue weighted by Crippen LogP contribution is 2.00. The monoisotopic (exact) mass is 206 g/mol. The molecule has 0 heterocycles. The van der Waals surface area contributed by atoms with E-state index in [0.717, 1.165) is 0 Å². The summed E-state index contributed by atoms with van der Waals surface area (Å²) >= 11 is 0. The van der Waals surface area contributed by atoms with Crippen molar-refractivity contribution in [1.29, 1.82) is 0 Å². The molecule has 0 saturated heterocycles. The SMILES string of the molecule is CCCCCCC.Cl.Cl.P. The number of halogens is 2. The van der Waals surface area contributed by atoms with Gasteiger partial charge in [-0.2, -0.15) is 9.90 Å². The van der Waals surface area contributed by atoms with Crippen LogP contribution in [0, 0.1) is 0 Å². The van der Waals surface area contributed by atoms with Crippen molar-refractivity contribution in [3.05, 3.63) is 0 Å². The minimum absolute atomic E-state index is 0. The second kappa shape index (κ2) is 22.5. The van der Waals surface area contributed by atoms with Gasteiger partial charge in [0.05, 0.1) is 0 Å². The van der Waals surface area contributed by atoms with E-state index < -0.39 is 0 Å². The summed E-state index contributed by atoms with van der Waals surface area (Å²) in [5.74, 6) is 0. The predicted octanol–water partition coefficient (Wildman–Crippen LogP) is 3.88. The molecule has 0 bridgehead atoms. The lowest BCUT2D eigenvalue weighted by molar-refractivity contribution is 0.656. The molecule has 3 heteroatoms. The van der Waals surface area contributed by atoms with Gasteiger partial charge in [0.2, 0.25) is 0 Å². The number of unbranched alkanes of at least 4 members (excludes halogenated alkanes) is 4. The minimum Gasteiger partial charge on any atom is -0.153 e. The summed E-state index contributed by atoms with van der Waals surface area (Å²) in [7, 11) is 0. The quantitative estimate of drug-likeness (QED) is 0.484. The van der Waals surface area contributed by atoms with Crippen molar-refractivity contribution in [3.63, 3.8) is 0 Å². The Morgan fingerprint density at radius 1 is 0.700 bits per heavy atom. The molecule has 68 valence electrons. The Labute approximate surface area is 81.0 Å². The first-order valence-corrected chi connectivity index (χ1v) is 3.41. The van der Waals surface area contributed by atoms with Crippen LogP contribution in [0.15, 0.2) is 0 Å². The van der Waals surface area contributed by atoms with Crippen LogP contribution in [0.3, 0.4) is 0 Å². The molecule has 1 unspecified atom stereocenters. The molecule has 0 nitrogen and oxygen atoms in total. The van der Waals surface area contributed by atoms with Crippen LogP contribution in [0.2, 0.25) is 0 Å². The highest BCUT2D eigenvalue weighted by atomic mass is 35.5. The van der Waals surface area contributed by atoms with Gasteiger partial charge < -0.3 is 0 Å². The van der Waals surface area contributed by atoms with E-state index in [1.54, 1.807) is 0 Å². The van der Waals surface area contributed by atoms with Crippen molar-refractivity contribution in [3.8, 4) is 0 Å². The van der Waals surface area contributed by atoms with Gasteiger partial charge in [-0.3, -0.25) is 0 Å². The third-order valence-electron chi connectivity index (χ3n) is 1.21. The van der Waals surface area contributed by atoms with Crippen molar-refractivity contribution in [2.75, 3.05) is 0 Å². The van der Waals surface area contributed by atoms with Gasteiger partial charge in [0.1, 0.15) is 0 Å². The fourth-order valence-corrected chi connectivity index (χ4v) is 0.677. The lowest BCUT2D eigenvalue weighted by atomic mass is 10.2. The van der Waals surface area contributed by atoms with Crippen LogP contribution < -0.4 is 0 Å². The van der Waals surface area contributed by atoms with Crippen molar-refractivity contribution in [2.45, 2.75) is 46.0 Å². The lowest BCUT2D eigenvalue weighted by Gasteiger charge is -1.90. The van der Waals surface area contributed by atoms with E-state index >= 15 is 0 Å². The van der Waals surface area contributed by atoms with Gasteiger partial charge >= 0.3 is 0 Å². The molecule has 0 spiro atoms. The van der Waals surface area contributed by atoms with Gasteiger partial charge in [-0.1, -0.05) is 46.0 Å². The number of rotatable bonds is 4. The van der Waals surface area contributed by atoms with Gasteiger partial charge in [-0.25, -0.2) is 0 Å². The molecule has 10 heavy (non-hydrogen) atoms. The average molecular weight is 207 g/mol. The maximum Gasteiger partial charge on any atom is -0.0533 e. The van der Waals surface area contributed by atoms with Crippen molar-refractivity contribution in [2.24, 2.45) is 0 Å². The Balaban J connectivity index is -0.0000000600. The Morgan fingerprint density at radius 2 is 1.00 bits per heavy atom. The largest absolute Gasteiger partial charge is 0.153 e. The van der Waals surface area contributed by atoms with Crippen LogP contribution in [0.5, 0.6) is 0 Å². The van der Waals surface area contributed by atoms with E-state index in [4.69, 9.17) is 0 Å². The van der Waals surface area contributed by atoms with Gasteiger partial charge in [0.25, 0.3) is 0 Å². The highest BCUT2D eigenvalue weighted by molar-refractivity contribution is 6.92. The molecule has 0 fully saturated rings. The fourth-order valence-electron chi connectivity index (χ4n) is 0.677. The fraction of sp³-hybridized carbons (Fsp3) is 1.00. The molecule has 0 aromatic heterocycles. The maximum atomic E-state index is 2.25. The third-order valence-corrected chi connectivity index (χ3v) is 1.21.